The zero-order valence-electron chi connectivity index (χ0n) is 11.3. The van der Waals surface area contributed by atoms with Crippen LogP contribution in [0.1, 0.15) is 5.56 Å². The molecule has 0 saturated carbocycles. The third kappa shape index (κ3) is 4.93. The lowest BCUT2D eigenvalue weighted by Gasteiger charge is -2.09. The highest BCUT2D eigenvalue weighted by Gasteiger charge is 2.04. The molecule has 0 aliphatic rings. The highest BCUT2D eigenvalue weighted by Crippen LogP contribution is 2.24. The maximum atomic E-state index is 11.6. The first-order valence-corrected chi connectivity index (χ1v) is 7.01. The number of carbonyl (C=O) groups is 1. The van der Waals surface area contributed by atoms with Crippen LogP contribution in [0, 0.1) is 6.92 Å². The van der Waals surface area contributed by atoms with Crippen LogP contribution < -0.4 is 15.6 Å². The van der Waals surface area contributed by atoms with Gasteiger partial charge in [-0.25, -0.2) is 5.43 Å². The molecule has 0 atom stereocenters. The monoisotopic (exact) mass is 324 g/mol. The van der Waals surface area contributed by atoms with Crippen LogP contribution in [0.2, 0.25) is 10.0 Å². The average Bonchev–Trinajstić information content (AvgIpc) is 2.45. The molecule has 0 fully saturated rings. The molecule has 0 spiro atoms. The summed E-state index contributed by atoms with van der Waals surface area (Å²) in [5.41, 5.74) is 7.41. The van der Waals surface area contributed by atoms with Crippen molar-refractivity contribution in [1.82, 2.24) is 5.43 Å². The summed E-state index contributed by atoms with van der Waals surface area (Å²) >= 11 is 11.7. The molecule has 0 aliphatic heterocycles. The second-order valence-electron chi connectivity index (χ2n) is 4.39. The molecular weight excluding hydrogens is 311 g/mol. The molecule has 0 amide bonds. The zero-order chi connectivity index (χ0) is 15.2. The van der Waals surface area contributed by atoms with Gasteiger partial charge in [0.15, 0.2) is 0 Å². The third-order valence-electron chi connectivity index (χ3n) is 2.64. The van der Waals surface area contributed by atoms with Gasteiger partial charge in [-0.3, -0.25) is 4.79 Å². The Kier molecular flexibility index (Phi) is 5.44. The van der Waals surface area contributed by atoms with Gasteiger partial charge in [0.2, 0.25) is 0 Å². The van der Waals surface area contributed by atoms with Crippen LogP contribution in [0.3, 0.4) is 0 Å². The summed E-state index contributed by atoms with van der Waals surface area (Å²) in [6, 6.07) is 12.3. The van der Waals surface area contributed by atoms with Crippen LogP contribution in [0.25, 0.3) is 0 Å². The molecule has 2 N–H and O–H groups in total. The van der Waals surface area contributed by atoms with Gasteiger partial charge in [-0.1, -0.05) is 40.9 Å². The number of hydrogen-bond donors (Lipinski definition) is 2. The first-order valence-electron chi connectivity index (χ1n) is 6.26. The lowest BCUT2D eigenvalue weighted by Crippen LogP contribution is -2.31. The Morgan fingerprint density at radius 3 is 2.48 bits per heavy atom. The Bertz CT molecular complexity index is 630. The first kappa shape index (κ1) is 15.6. The van der Waals surface area contributed by atoms with E-state index in [2.05, 4.69) is 10.9 Å². The van der Waals surface area contributed by atoms with Gasteiger partial charge in [0.1, 0.15) is 12.3 Å². The number of hydrazine groups is 1. The molecule has 2 aromatic rings. The average molecular weight is 325 g/mol. The van der Waals surface area contributed by atoms with E-state index >= 15 is 0 Å². The summed E-state index contributed by atoms with van der Waals surface area (Å²) in [5.74, 6) is 0.119. The topological polar surface area (TPSA) is 50.4 Å². The quantitative estimate of drug-likeness (QED) is 0.498. The Balaban J connectivity index is 1.78. The van der Waals surface area contributed by atoms with E-state index in [1.165, 1.54) is 0 Å². The first-order chi connectivity index (χ1) is 10.0. The molecule has 0 aromatic heterocycles. The van der Waals surface area contributed by atoms with E-state index in [4.69, 9.17) is 27.9 Å². The molecular formula is C15H14Cl2N2O2. The van der Waals surface area contributed by atoms with Crippen LogP contribution in [0.4, 0.5) is 5.69 Å². The molecule has 2 rings (SSSR count). The van der Waals surface area contributed by atoms with Crippen molar-refractivity contribution < 1.29 is 9.53 Å². The van der Waals surface area contributed by atoms with E-state index in [0.717, 1.165) is 5.56 Å². The summed E-state index contributed by atoms with van der Waals surface area (Å²) < 4.78 is 5.16. The van der Waals surface area contributed by atoms with E-state index in [1.54, 1.807) is 30.3 Å². The fourth-order valence-corrected chi connectivity index (χ4v) is 1.86. The van der Waals surface area contributed by atoms with Crippen molar-refractivity contribution in [2.24, 2.45) is 0 Å². The van der Waals surface area contributed by atoms with Gasteiger partial charge in [0.25, 0.3) is 0 Å². The number of rotatable bonds is 5. The fourth-order valence-electron chi connectivity index (χ4n) is 1.57. The Hall–Kier alpha value is -1.75. The number of esters is 1. The van der Waals surface area contributed by atoms with E-state index in [0.29, 0.717) is 21.5 Å². The predicted octanol–water partition coefficient (Wildman–Crippen LogP) is 3.82. The van der Waals surface area contributed by atoms with Gasteiger partial charge in [0.05, 0.1) is 15.7 Å². The molecule has 0 unspecified atom stereocenters. The molecule has 0 aliphatic carbocycles. The summed E-state index contributed by atoms with van der Waals surface area (Å²) in [6.07, 6.45) is 0. The number of hydrogen-bond acceptors (Lipinski definition) is 4. The molecule has 0 bridgehead atoms. The molecule has 0 heterocycles. The Morgan fingerprint density at radius 1 is 1.10 bits per heavy atom. The maximum Gasteiger partial charge on any atom is 0.327 e. The molecule has 0 radical (unpaired) electrons. The smallest absolute Gasteiger partial charge is 0.327 e. The molecule has 2 aromatic carbocycles. The Labute approximate surface area is 133 Å². The Morgan fingerprint density at radius 2 is 1.81 bits per heavy atom. The number of aryl methyl sites for hydroxylation is 1. The van der Waals surface area contributed by atoms with E-state index in [9.17, 15) is 4.79 Å². The van der Waals surface area contributed by atoms with Gasteiger partial charge < -0.3 is 10.2 Å². The molecule has 110 valence electrons. The van der Waals surface area contributed by atoms with Crippen molar-refractivity contribution in [2.45, 2.75) is 6.92 Å². The van der Waals surface area contributed by atoms with Crippen molar-refractivity contribution in [3.8, 4) is 5.75 Å². The second kappa shape index (κ2) is 7.31. The minimum atomic E-state index is -0.397. The van der Waals surface area contributed by atoms with Gasteiger partial charge in [0, 0.05) is 0 Å². The number of ether oxygens (including phenoxy) is 1. The van der Waals surface area contributed by atoms with Crippen LogP contribution in [0.15, 0.2) is 42.5 Å². The summed E-state index contributed by atoms with van der Waals surface area (Å²) in [4.78, 5) is 11.6. The van der Waals surface area contributed by atoms with Crippen molar-refractivity contribution in [3.63, 3.8) is 0 Å². The van der Waals surface area contributed by atoms with Gasteiger partial charge in [-0.15, -0.1) is 0 Å². The number of halogens is 2. The van der Waals surface area contributed by atoms with E-state index in [-0.39, 0.29) is 6.54 Å². The zero-order valence-corrected chi connectivity index (χ0v) is 12.8. The minimum Gasteiger partial charge on any atom is -0.426 e. The van der Waals surface area contributed by atoms with E-state index < -0.39 is 5.97 Å². The van der Waals surface area contributed by atoms with Gasteiger partial charge in [-0.05, 0) is 37.3 Å². The maximum absolute atomic E-state index is 11.6. The largest absolute Gasteiger partial charge is 0.426 e. The number of carbonyl (C=O) groups excluding carboxylic acids is 1. The van der Waals surface area contributed by atoms with Crippen molar-refractivity contribution in [2.75, 3.05) is 12.0 Å². The highest BCUT2D eigenvalue weighted by atomic mass is 35.5. The normalized spacial score (nSPS) is 10.2. The predicted molar refractivity (Wildman–Crippen MR) is 84.9 cm³/mol. The molecule has 21 heavy (non-hydrogen) atoms. The van der Waals surface area contributed by atoms with Crippen molar-refractivity contribution >= 4 is 34.9 Å². The summed E-state index contributed by atoms with van der Waals surface area (Å²) in [6.45, 7) is 1.97. The number of nitrogens with one attached hydrogen (secondary N) is 2. The fraction of sp³-hybridized carbons (Fsp3) is 0.133. The lowest BCUT2D eigenvalue weighted by atomic mass is 10.2. The second-order valence-corrected chi connectivity index (χ2v) is 5.21. The van der Waals surface area contributed by atoms with E-state index in [1.807, 2.05) is 19.1 Å². The SMILES string of the molecule is Cc1ccc(OC(=O)CNNc2ccc(Cl)c(Cl)c2)cc1. The summed E-state index contributed by atoms with van der Waals surface area (Å²) in [7, 11) is 0. The summed E-state index contributed by atoms with van der Waals surface area (Å²) in [5, 5.41) is 0.909. The highest BCUT2D eigenvalue weighted by molar-refractivity contribution is 6.42. The molecule has 0 saturated heterocycles. The minimum absolute atomic E-state index is 0.00806. The van der Waals surface area contributed by atoms with Crippen molar-refractivity contribution in [1.29, 1.82) is 0 Å². The molecule has 4 nitrogen and oxygen atoms in total. The number of anilines is 1. The van der Waals surface area contributed by atoms with Crippen molar-refractivity contribution in [3.05, 3.63) is 58.1 Å². The van der Waals surface area contributed by atoms with Crippen LogP contribution in [0.5, 0.6) is 5.75 Å². The van der Waals surface area contributed by atoms with Gasteiger partial charge >= 0.3 is 5.97 Å². The number of benzene rings is 2. The van der Waals surface area contributed by atoms with Gasteiger partial charge in [-0.2, -0.15) is 0 Å². The van der Waals surface area contributed by atoms with Crippen LogP contribution in [-0.4, -0.2) is 12.5 Å². The lowest BCUT2D eigenvalue weighted by molar-refractivity contribution is -0.133. The third-order valence-corrected chi connectivity index (χ3v) is 3.38. The molecule has 6 heteroatoms. The van der Waals surface area contributed by atoms with Crippen LogP contribution >= 0.6 is 23.2 Å². The standard InChI is InChI=1S/C15H14Cl2N2O2/c1-10-2-5-12(6-3-10)21-15(20)9-18-19-11-4-7-13(16)14(17)8-11/h2-8,18-19H,9H2,1H3. The van der Waals surface area contributed by atoms with Crippen LogP contribution in [-0.2, 0) is 4.79 Å².